The fourth-order valence-electron chi connectivity index (χ4n) is 0.826. The van der Waals surface area contributed by atoms with Crippen molar-refractivity contribution in [3.05, 3.63) is 12.5 Å². The van der Waals surface area contributed by atoms with Gasteiger partial charge in [-0.1, -0.05) is 4.98 Å². The van der Waals surface area contributed by atoms with Crippen molar-refractivity contribution in [2.75, 3.05) is 5.73 Å². The van der Waals surface area contributed by atoms with Crippen molar-refractivity contribution < 1.29 is 4.98 Å². The fraction of sp³-hybridized carbons (Fsp3) is 0. The minimum Gasteiger partial charge on any atom is -0.369 e. The van der Waals surface area contributed by atoms with Crippen molar-refractivity contribution in [1.29, 1.82) is 0 Å². The van der Waals surface area contributed by atoms with E-state index in [9.17, 15) is 0 Å². The average Bonchev–Trinajstić information content (AvgIpc) is 2.36. The Morgan fingerprint density at radius 3 is 3.30 bits per heavy atom. The Kier molecular flexibility index (Phi) is 0.858. The van der Waals surface area contributed by atoms with Crippen molar-refractivity contribution in [1.82, 2.24) is 15.2 Å². The highest BCUT2D eigenvalue weighted by Gasteiger charge is 2.05. The van der Waals surface area contributed by atoms with Crippen LogP contribution in [0.15, 0.2) is 12.5 Å². The fourth-order valence-corrected chi connectivity index (χ4v) is 0.826. The number of nitrogens with zero attached hydrogens (tertiary/aromatic N) is 2. The van der Waals surface area contributed by atoms with Crippen LogP contribution in [0.1, 0.15) is 0 Å². The number of nitrogens with two attached hydrogens (primary N) is 1. The molecule has 0 saturated heterocycles. The molecule has 0 radical (unpaired) electrons. The minimum absolute atomic E-state index is 0.488. The van der Waals surface area contributed by atoms with E-state index in [4.69, 9.17) is 5.73 Å². The number of rotatable bonds is 0. The van der Waals surface area contributed by atoms with Crippen molar-refractivity contribution in [3.8, 4) is 0 Å². The van der Waals surface area contributed by atoms with Gasteiger partial charge in [0.25, 0.3) is 5.65 Å². The lowest BCUT2D eigenvalue weighted by Crippen LogP contribution is -2.06. The zero-order valence-electron chi connectivity index (χ0n) is 5.13. The molecule has 0 bridgehead atoms. The third-order valence-corrected chi connectivity index (χ3v) is 1.33. The summed E-state index contributed by atoms with van der Waals surface area (Å²) < 4.78 is 0. The van der Waals surface area contributed by atoms with E-state index < -0.39 is 0 Å². The van der Waals surface area contributed by atoms with Gasteiger partial charge < -0.3 is 5.73 Å². The standard InChI is InChI=1S/C5H5N5/c6-4-3-1-9-10-5(3)8-2-7-4/h1-2H,(H3,6,7,8,9,10)/p+1. The Labute approximate surface area is 56.3 Å². The predicted octanol–water partition coefficient (Wildman–Crippen LogP) is -0.646. The Morgan fingerprint density at radius 2 is 2.50 bits per heavy atom. The quantitative estimate of drug-likeness (QED) is 0.505. The molecule has 0 spiro atoms. The summed E-state index contributed by atoms with van der Waals surface area (Å²) in [7, 11) is 0. The molecule has 2 rings (SSSR count). The van der Waals surface area contributed by atoms with Gasteiger partial charge in [0.05, 0.1) is 6.20 Å². The zero-order valence-corrected chi connectivity index (χ0v) is 5.13. The van der Waals surface area contributed by atoms with Crippen LogP contribution >= 0.6 is 0 Å². The van der Waals surface area contributed by atoms with E-state index in [1.165, 1.54) is 6.33 Å². The molecule has 50 valence electrons. The van der Waals surface area contributed by atoms with E-state index in [2.05, 4.69) is 20.2 Å². The molecular weight excluding hydrogens is 130 g/mol. The summed E-state index contributed by atoms with van der Waals surface area (Å²) in [5.41, 5.74) is 6.31. The largest absolute Gasteiger partial charge is 0.369 e. The Bertz CT molecular complexity index is 352. The van der Waals surface area contributed by atoms with E-state index in [-0.39, 0.29) is 0 Å². The van der Waals surface area contributed by atoms with Gasteiger partial charge in [-0.3, -0.25) is 0 Å². The molecule has 0 unspecified atom stereocenters. The highest BCUT2D eigenvalue weighted by atomic mass is 15.1. The second-order valence-corrected chi connectivity index (χ2v) is 1.95. The molecule has 5 heteroatoms. The van der Waals surface area contributed by atoms with E-state index >= 15 is 0 Å². The first kappa shape index (κ1) is 5.16. The number of hydrogen-bond donors (Lipinski definition) is 2. The van der Waals surface area contributed by atoms with Crippen LogP contribution in [0.25, 0.3) is 11.0 Å². The predicted molar refractivity (Wildman–Crippen MR) is 34.9 cm³/mol. The van der Waals surface area contributed by atoms with Gasteiger partial charge in [0.1, 0.15) is 5.39 Å². The molecule has 2 aromatic heterocycles. The van der Waals surface area contributed by atoms with E-state index in [0.717, 1.165) is 11.0 Å². The molecule has 2 aromatic rings. The summed E-state index contributed by atoms with van der Waals surface area (Å²) in [5.74, 6) is 0.488. The van der Waals surface area contributed by atoms with Gasteiger partial charge >= 0.3 is 0 Å². The third kappa shape index (κ3) is 0.540. The number of nitrogen functional groups attached to an aromatic ring is 1. The van der Waals surface area contributed by atoms with Crippen LogP contribution in [0.3, 0.4) is 0 Å². The topological polar surface area (TPSA) is 81.7 Å². The van der Waals surface area contributed by atoms with E-state index in [1.54, 1.807) is 6.20 Å². The van der Waals surface area contributed by atoms with Gasteiger partial charge in [0.15, 0.2) is 0 Å². The maximum atomic E-state index is 5.51. The SMILES string of the molecule is Nc1nc[nH+]c2[nH]ncc12. The van der Waals surface area contributed by atoms with Crippen molar-refractivity contribution in [2.45, 2.75) is 0 Å². The van der Waals surface area contributed by atoms with Gasteiger partial charge in [-0.05, 0) is 0 Å². The first-order chi connectivity index (χ1) is 4.88. The molecular formula is C5H6N5+. The summed E-state index contributed by atoms with van der Waals surface area (Å²) in [5, 5.41) is 7.34. The third-order valence-electron chi connectivity index (χ3n) is 1.33. The molecule has 5 nitrogen and oxygen atoms in total. The maximum Gasteiger partial charge on any atom is 0.256 e. The molecule has 0 aliphatic heterocycles. The number of aromatic amines is 2. The average molecular weight is 136 g/mol. The number of hydrogen-bond acceptors (Lipinski definition) is 3. The molecule has 0 saturated carbocycles. The number of fused-ring (bicyclic) bond motifs is 1. The van der Waals surface area contributed by atoms with Crippen LogP contribution in [-0.2, 0) is 0 Å². The monoisotopic (exact) mass is 136 g/mol. The lowest BCUT2D eigenvalue weighted by Gasteiger charge is -1.82. The second kappa shape index (κ2) is 1.66. The molecule has 10 heavy (non-hydrogen) atoms. The number of anilines is 1. The summed E-state index contributed by atoms with van der Waals surface area (Å²) in [6.07, 6.45) is 3.16. The van der Waals surface area contributed by atoms with Gasteiger partial charge in [-0.2, -0.15) is 5.10 Å². The molecule has 0 atom stereocenters. The number of H-pyrrole nitrogens is 2. The summed E-state index contributed by atoms with van der Waals surface area (Å²) in [4.78, 5) is 6.70. The lowest BCUT2D eigenvalue weighted by atomic mass is 10.4. The highest BCUT2D eigenvalue weighted by molar-refractivity contribution is 5.81. The maximum absolute atomic E-state index is 5.51. The second-order valence-electron chi connectivity index (χ2n) is 1.95. The first-order valence-electron chi connectivity index (χ1n) is 2.83. The first-order valence-corrected chi connectivity index (χ1v) is 2.83. The normalized spacial score (nSPS) is 10.4. The number of aromatic nitrogens is 4. The summed E-state index contributed by atoms with van der Waals surface area (Å²) >= 11 is 0. The van der Waals surface area contributed by atoms with Crippen LogP contribution in [-0.4, -0.2) is 15.2 Å². The molecule has 0 aliphatic rings. The lowest BCUT2D eigenvalue weighted by molar-refractivity contribution is -0.352. The van der Waals surface area contributed by atoms with Crippen molar-refractivity contribution >= 4 is 16.9 Å². The van der Waals surface area contributed by atoms with Crippen LogP contribution in [0.5, 0.6) is 0 Å². The van der Waals surface area contributed by atoms with Gasteiger partial charge in [0.2, 0.25) is 12.1 Å². The minimum atomic E-state index is 0.488. The van der Waals surface area contributed by atoms with Crippen molar-refractivity contribution in [2.24, 2.45) is 0 Å². The van der Waals surface area contributed by atoms with Crippen LogP contribution in [0.2, 0.25) is 0 Å². The van der Waals surface area contributed by atoms with Crippen LogP contribution in [0, 0.1) is 0 Å². The summed E-state index contributed by atoms with van der Waals surface area (Å²) in [6.45, 7) is 0. The molecule has 0 aliphatic carbocycles. The van der Waals surface area contributed by atoms with Gasteiger partial charge in [-0.15, -0.1) is 5.10 Å². The van der Waals surface area contributed by atoms with E-state index in [1.807, 2.05) is 0 Å². The molecule has 0 amide bonds. The van der Waals surface area contributed by atoms with Gasteiger partial charge in [-0.25, -0.2) is 4.98 Å². The van der Waals surface area contributed by atoms with Gasteiger partial charge in [0, 0.05) is 0 Å². The van der Waals surface area contributed by atoms with E-state index in [0.29, 0.717) is 5.82 Å². The highest BCUT2D eigenvalue weighted by Crippen LogP contribution is 2.08. The molecule has 0 aromatic carbocycles. The zero-order chi connectivity index (χ0) is 6.97. The Morgan fingerprint density at radius 1 is 1.60 bits per heavy atom. The van der Waals surface area contributed by atoms with Crippen LogP contribution in [0.4, 0.5) is 5.82 Å². The number of nitrogens with one attached hydrogen (secondary N) is 2. The van der Waals surface area contributed by atoms with Crippen molar-refractivity contribution in [3.63, 3.8) is 0 Å². The Balaban J connectivity index is 2.95. The smallest absolute Gasteiger partial charge is 0.256 e. The van der Waals surface area contributed by atoms with Crippen LogP contribution < -0.4 is 10.7 Å². The Hall–Kier alpha value is -1.65. The molecule has 2 heterocycles. The molecule has 4 N–H and O–H groups in total. The molecule has 0 fully saturated rings. The summed E-state index contributed by atoms with van der Waals surface area (Å²) in [6, 6.07) is 0.